The van der Waals surface area contributed by atoms with Crippen molar-refractivity contribution < 1.29 is 9.13 Å². The number of nitrogens with two attached hydrogens (primary N) is 1. The number of aromatic nitrogens is 1. The monoisotopic (exact) mass is 246 g/mol. The van der Waals surface area contributed by atoms with Crippen molar-refractivity contribution in [2.45, 2.75) is 13.0 Å². The lowest BCUT2D eigenvalue weighted by Crippen LogP contribution is -2.05. The van der Waals surface area contributed by atoms with Crippen LogP contribution in [0.2, 0.25) is 0 Å². The van der Waals surface area contributed by atoms with Crippen molar-refractivity contribution in [1.82, 2.24) is 4.98 Å². The Labute approximate surface area is 105 Å². The standard InChI is InChI=1S/C14H15FN2O/c15-13-7-11(8-17-9-13)10-18-14-4-2-1-3-12(14)5-6-16/h1-4,7-9H,5-6,10,16H2. The van der Waals surface area contributed by atoms with Crippen molar-refractivity contribution in [3.8, 4) is 5.75 Å². The van der Waals surface area contributed by atoms with E-state index >= 15 is 0 Å². The van der Waals surface area contributed by atoms with E-state index in [1.54, 1.807) is 6.20 Å². The van der Waals surface area contributed by atoms with Gasteiger partial charge in [0.1, 0.15) is 18.2 Å². The molecule has 4 heteroatoms. The van der Waals surface area contributed by atoms with Crippen LogP contribution in [0.4, 0.5) is 4.39 Å². The van der Waals surface area contributed by atoms with Gasteiger partial charge in [0.15, 0.2) is 0 Å². The van der Waals surface area contributed by atoms with E-state index in [0.717, 1.165) is 17.7 Å². The third kappa shape index (κ3) is 3.28. The summed E-state index contributed by atoms with van der Waals surface area (Å²) < 4.78 is 18.6. The minimum atomic E-state index is -0.355. The first kappa shape index (κ1) is 12.5. The molecule has 1 aromatic heterocycles. The second kappa shape index (κ2) is 6.12. The number of nitrogens with zero attached hydrogens (tertiary/aromatic N) is 1. The van der Waals surface area contributed by atoms with E-state index in [-0.39, 0.29) is 5.82 Å². The van der Waals surface area contributed by atoms with E-state index in [0.29, 0.717) is 18.7 Å². The molecule has 1 heterocycles. The summed E-state index contributed by atoms with van der Waals surface area (Å²) in [5.74, 6) is 0.429. The van der Waals surface area contributed by atoms with E-state index in [4.69, 9.17) is 10.5 Å². The average molecular weight is 246 g/mol. The van der Waals surface area contributed by atoms with Gasteiger partial charge < -0.3 is 10.5 Å². The maximum atomic E-state index is 13.0. The van der Waals surface area contributed by atoms with Crippen molar-refractivity contribution in [3.63, 3.8) is 0 Å². The van der Waals surface area contributed by atoms with Crippen LogP contribution >= 0.6 is 0 Å². The Balaban J connectivity index is 2.06. The summed E-state index contributed by atoms with van der Waals surface area (Å²) in [5.41, 5.74) is 7.31. The molecular formula is C14H15FN2O. The van der Waals surface area contributed by atoms with Gasteiger partial charge in [-0.3, -0.25) is 4.98 Å². The largest absolute Gasteiger partial charge is 0.489 e. The fraction of sp³-hybridized carbons (Fsp3) is 0.214. The summed E-state index contributed by atoms with van der Waals surface area (Å²) in [4.78, 5) is 3.78. The summed E-state index contributed by atoms with van der Waals surface area (Å²) in [6.45, 7) is 0.869. The molecule has 2 aromatic rings. The number of para-hydroxylation sites is 1. The molecule has 0 unspecified atom stereocenters. The number of rotatable bonds is 5. The summed E-state index contributed by atoms with van der Waals surface area (Å²) >= 11 is 0. The van der Waals surface area contributed by atoms with Crippen LogP contribution in [0.25, 0.3) is 0 Å². The molecule has 3 nitrogen and oxygen atoms in total. The molecule has 18 heavy (non-hydrogen) atoms. The molecule has 0 atom stereocenters. The van der Waals surface area contributed by atoms with Crippen LogP contribution in [0.1, 0.15) is 11.1 Å². The number of benzene rings is 1. The fourth-order valence-electron chi connectivity index (χ4n) is 1.70. The Morgan fingerprint density at radius 1 is 1.22 bits per heavy atom. The molecule has 0 saturated heterocycles. The van der Waals surface area contributed by atoms with Crippen molar-refractivity contribution in [3.05, 3.63) is 59.7 Å². The molecule has 0 bridgehead atoms. The van der Waals surface area contributed by atoms with Gasteiger partial charge in [-0.05, 0) is 30.7 Å². The third-order valence-corrected chi connectivity index (χ3v) is 2.54. The van der Waals surface area contributed by atoms with Gasteiger partial charge in [-0.2, -0.15) is 0 Å². The molecule has 0 spiro atoms. The second-order valence-corrected chi connectivity index (χ2v) is 3.95. The van der Waals surface area contributed by atoms with Crippen LogP contribution in [-0.2, 0) is 13.0 Å². The highest BCUT2D eigenvalue weighted by molar-refractivity contribution is 5.33. The minimum absolute atomic E-state index is 0.298. The van der Waals surface area contributed by atoms with Crippen molar-refractivity contribution >= 4 is 0 Å². The zero-order chi connectivity index (χ0) is 12.8. The first-order valence-corrected chi connectivity index (χ1v) is 5.80. The topological polar surface area (TPSA) is 48.1 Å². The van der Waals surface area contributed by atoms with E-state index in [1.165, 1.54) is 12.3 Å². The first-order chi connectivity index (χ1) is 8.79. The summed E-state index contributed by atoms with van der Waals surface area (Å²) in [7, 11) is 0. The molecule has 0 aliphatic heterocycles. The fourth-order valence-corrected chi connectivity index (χ4v) is 1.70. The van der Waals surface area contributed by atoms with Crippen molar-refractivity contribution in [2.24, 2.45) is 5.73 Å². The average Bonchev–Trinajstić information content (AvgIpc) is 2.38. The van der Waals surface area contributed by atoms with Crippen LogP contribution in [0.5, 0.6) is 5.75 Å². The molecular weight excluding hydrogens is 231 g/mol. The van der Waals surface area contributed by atoms with Crippen LogP contribution in [-0.4, -0.2) is 11.5 Å². The van der Waals surface area contributed by atoms with E-state index in [9.17, 15) is 4.39 Å². The lowest BCUT2D eigenvalue weighted by atomic mass is 10.1. The van der Waals surface area contributed by atoms with Gasteiger partial charge in [0, 0.05) is 11.8 Å². The Morgan fingerprint density at radius 3 is 2.83 bits per heavy atom. The van der Waals surface area contributed by atoms with Crippen molar-refractivity contribution in [1.29, 1.82) is 0 Å². The van der Waals surface area contributed by atoms with Crippen LogP contribution in [0, 0.1) is 5.82 Å². The van der Waals surface area contributed by atoms with Gasteiger partial charge >= 0.3 is 0 Å². The normalized spacial score (nSPS) is 10.3. The quantitative estimate of drug-likeness (QED) is 0.880. The summed E-state index contributed by atoms with van der Waals surface area (Å²) in [6.07, 6.45) is 3.53. The maximum Gasteiger partial charge on any atom is 0.141 e. The zero-order valence-electron chi connectivity index (χ0n) is 9.97. The highest BCUT2D eigenvalue weighted by atomic mass is 19.1. The predicted molar refractivity (Wildman–Crippen MR) is 67.7 cm³/mol. The van der Waals surface area contributed by atoms with Crippen LogP contribution in [0.3, 0.4) is 0 Å². The third-order valence-electron chi connectivity index (χ3n) is 2.54. The van der Waals surface area contributed by atoms with E-state index in [1.807, 2.05) is 24.3 Å². The maximum absolute atomic E-state index is 13.0. The van der Waals surface area contributed by atoms with Gasteiger partial charge in [-0.1, -0.05) is 18.2 Å². The molecule has 0 aliphatic rings. The number of ether oxygens (including phenoxy) is 1. The number of hydrogen-bond acceptors (Lipinski definition) is 3. The lowest BCUT2D eigenvalue weighted by molar-refractivity contribution is 0.302. The smallest absolute Gasteiger partial charge is 0.141 e. The molecule has 0 aliphatic carbocycles. The Bertz CT molecular complexity index is 517. The second-order valence-electron chi connectivity index (χ2n) is 3.95. The molecule has 0 saturated carbocycles. The number of hydrogen-bond donors (Lipinski definition) is 1. The Hall–Kier alpha value is -1.94. The Morgan fingerprint density at radius 2 is 2.06 bits per heavy atom. The number of halogens is 1. The molecule has 0 amide bonds. The van der Waals surface area contributed by atoms with Crippen LogP contribution in [0.15, 0.2) is 42.7 Å². The molecule has 0 radical (unpaired) electrons. The van der Waals surface area contributed by atoms with Crippen LogP contribution < -0.4 is 10.5 Å². The summed E-state index contributed by atoms with van der Waals surface area (Å²) in [5, 5.41) is 0. The molecule has 0 fully saturated rings. The predicted octanol–water partition coefficient (Wildman–Crippen LogP) is 2.30. The molecule has 2 rings (SSSR count). The highest BCUT2D eigenvalue weighted by Crippen LogP contribution is 2.19. The van der Waals surface area contributed by atoms with Gasteiger partial charge in [0.25, 0.3) is 0 Å². The summed E-state index contributed by atoms with van der Waals surface area (Å²) in [6, 6.07) is 9.13. The van der Waals surface area contributed by atoms with E-state index in [2.05, 4.69) is 4.98 Å². The number of pyridine rings is 1. The van der Waals surface area contributed by atoms with Gasteiger partial charge in [-0.25, -0.2) is 4.39 Å². The molecule has 2 N–H and O–H groups in total. The van der Waals surface area contributed by atoms with Crippen molar-refractivity contribution in [2.75, 3.05) is 6.54 Å². The van der Waals surface area contributed by atoms with E-state index < -0.39 is 0 Å². The van der Waals surface area contributed by atoms with Gasteiger partial charge in [0.05, 0.1) is 6.20 Å². The highest BCUT2D eigenvalue weighted by Gasteiger charge is 2.03. The molecule has 1 aromatic carbocycles. The first-order valence-electron chi connectivity index (χ1n) is 5.80. The van der Waals surface area contributed by atoms with Gasteiger partial charge in [-0.15, -0.1) is 0 Å². The van der Waals surface area contributed by atoms with Gasteiger partial charge in [0.2, 0.25) is 0 Å². The molecule has 94 valence electrons. The Kier molecular flexibility index (Phi) is 4.25. The lowest BCUT2D eigenvalue weighted by Gasteiger charge is -2.10. The minimum Gasteiger partial charge on any atom is -0.489 e. The zero-order valence-corrected chi connectivity index (χ0v) is 9.97. The SMILES string of the molecule is NCCc1ccccc1OCc1cncc(F)c1.